The number of hydrogen-bond acceptors (Lipinski definition) is 6. The second-order valence-corrected chi connectivity index (χ2v) is 7.79. The highest BCUT2D eigenvalue weighted by Gasteiger charge is 2.23. The molecule has 0 spiro atoms. The van der Waals surface area contributed by atoms with Gasteiger partial charge in [0.1, 0.15) is 0 Å². The van der Waals surface area contributed by atoms with Crippen molar-refractivity contribution < 1.29 is 9.59 Å². The first-order valence-electron chi connectivity index (χ1n) is 9.96. The van der Waals surface area contributed by atoms with E-state index in [4.69, 9.17) is 0 Å². The molecule has 6 nitrogen and oxygen atoms in total. The molecule has 4 aromatic rings. The van der Waals surface area contributed by atoms with Crippen molar-refractivity contribution in [2.75, 3.05) is 5.32 Å². The van der Waals surface area contributed by atoms with Crippen LogP contribution in [0, 0.1) is 0 Å². The number of nitrogens with zero attached hydrogens (tertiary/aromatic N) is 2. The van der Waals surface area contributed by atoms with E-state index in [1.54, 1.807) is 60.7 Å². The van der Waals surface area contributed by atoms with Crippen LogP contribution in [0.3, 0.4) is 0 Å². The smallest absolute Gasteiger partial charge is 0.253 e. The number of hydrogen-bond donors (Lipinski definition) is 2. The average molecular weight is 441 g/mol. The molecule has 4 rings (SSSR count). The number of carbonyl (C=O) groups is 2. The predicted octanol–water partition coefficient (Wildman–Crippen LogP) is 6.21. The molecule has 0 saturated heterocycles. The summed E-state index contributed by atoms with van der Waals surface area (Å²) >= 11 is 1.33. The van der Waals surface area contributed by atoms with E-state index in [0.717, 1.165) is 5.69 Å². The first kappa shape index (κ1) is 21.1. The third kappa shape index (κ3) is 5.53. The van der Waals surface area contributed by atoms with Crippen LogP contribution in [0.25, 0.3) is 0 Å². The number of thiophene rings is 1. The van der Waals surface area contributed by atoms with E-state index < -0.39 is 6.17 Å². The van der Waals surface area contributed by atoms with Gasteiger partial charge in [0.15, 0.2) is 6.17 Å². The topological polar surface area (TPSA) is 82.9 Å². The van der Waals surface area contributed by atoms with Crippen molar-refractivity contribution in [1.29, 1.82) is 0 Å². The largest absolute Gasteiger partial charge is 0.359 e. The summed E-state index contributed by atoms with van der Waals surface area (Å²) in [4.78, 5) is 26.2. The zero-order valence-corrected chi connectivity index (χ0v) is 17.8. The Kier molecular flexibility index (Phi) is 6.79. The van der Waals surface area contributed by atoms with Crippen molar-refractivity contribution in [3.8, 4) is 0 Å². The molecule has 1 aromatic heterocycles. The van der Waals surface area contributed by atoms with E-state index in [1.165, 1.54) is 11.3 Å². The molecule has 2 N–H and O–H groups in total. The molecule has 1 atom stereocenters. The van der Waals surface area contributed by atoms with Crippen LogP contribution in [0.15, 0.2) is 113 Å². The summed E-state index contributed by atoms with van der Waals surface area (Å²) < 4.78 is 0. The van der Waals surface area contributed by atoms with Crippen LogP contribution in [0.5, 0.6) is 0 Å². The Bertz CT molecular complexity index is 1190. The van der Waals surface area contributed by atoms with E-state index in [9.17, 15) is 9.59 Å². The lowest BCUT2D eigenvalue weighted by molar-refractivity contribution is 0.0871. The van der Waals surface area contributed by atoms with Crippen molar-refractivity contribution in [3.05, 3.63) is 113 Å². The van der Waals surface area contributed by atoms with Crippen molar-refractivity contribution in [1.82, 2.24) is 5.32 Å². The number of Topliss-reactive ketones (excluding diaryl/α,β-unsaturated/α-hetero) is 1. The molecule has 158 valence electrons. The number of carbonyl (C=O) groups excluding carboxylic acids is 2. The van der Waals surface area contributed by atoms with Crippen LogP contribution < -0.4 is 10.6 Å². The minimum Gasteiger partial charge on any atom is -0.359 e. The van der Waals surface area contributed by atoms with Gasteiger partial charge < -0.3 is 10.6 Å². The van der Waals surface area contributed by atoms with Gasteiger partial charge in [-0.15, -0.1) is 11.3 Å². The Morgan fingerprint density at radius 1 is 0.719 bits per heavy atom. The maximum Gasteiger partial charge on any atom is 0.253 e. The van der Waals surface area contributed by atoms with Crippen molar-refractivity contribution >= 4 is 40.1 Å². The molecule has 7 heteroatoms. The van der Waals surface area contributed by atoms with E-state index in [0.29, 0.717) is 21.8 Å². The molecular weight excluding hydrogens is 420 g/mol. The van der Waals surface area contributed by atoms with Crippen LogP contribution >= 0.6 is 11.3 Å². The minimum atomic E-state index is -0.918. The summed E-state index contributed by atoms with van der Waals surface area (Å²) in [6, 6.07) is 29.0. The number of nitrogens with one attached hydrogen (secondary N) is 2. The number of ketones is 1. The second-order valence-electron chi connectivity index (χ2n) is 6.84. The molecule has 0 aliphatic carbocycles. The lowest BCUT2D eigenvalue weighted by atomic mass is 10.2. The molecule has 0 fully saturated rings. The first-order valence-corrected chi connectivity index (χ1v) is 10.8. The molecule has 1 amide bonds. The SMILES string of the molecule is O=C(NC(Nc1ccc(N=Nc2ccccc2)cc1)C(=O)c1cccs1)c1ccccc1. The zero-order valence-electron chi connectivity index (χ0n) is 17.0. The van der Waals surface area contributed by atoms with Crippen molar-refractivity contribution in [2.24, 2.45) is 10.2 Å². The van der Waals surface area contributed by atoms with Gasteiger partial charge >= 0.3 is 0 Å². The van der Waals surface area contributed by atoms with E-state index in [-0.39, 0.29) is 11.7 Å². The molecule has 0 saturated carbocycles. The lowest BCUT2D eigenvalue weighted by Gasteiger charge is -2.20. The summed E-state index contributed by atoms with van der Waals surface area (Å²) in [7, 11) is 0. The highest BCUT2D eigenvalue weighted by atomic mass is 32.1. The highest BCUT2D eigenvalue weighted by molar-refractivity contribution is 7.12. The fraction of sp³-hybridized carbons (Fsp3) is 0.0400. The fourth-order valence-corrected chi connectivity index (χ4v) is 3.63. The van der Waals surface area contributed by atoms with Crippen LogP contribution in [-0.2, 0) is 0 Å². The number of benzene rings is 3. The minimum absolute atomic E-state index is 0.211. The Hall–Kier alpha value is -4.10. The van der Waals surface area contributed by atoms with Gasteiger partial charge in [0.05, 0.1) is 16.3 Å². The summed E-state index contributed by atoms with van der Waals surface area (Å²) in [5, 5.41) is 16.2. The van der Waals surface area contributed by atoms with Crippen LogP contribution in [0.2, 0.25) is 0 Å². The van der Waals surface area contributed by atoms with Gasteiger partial charge in [-0.3, -0.25) is 9.59 Å². The molecule has 0 bridgehead atoms. The van der Waals surface area contributed by atoms with Gasteiger partial charge in [-0.2, -0.15) is 10.2 Å². The lowest BCUT2D eigenvalue weighted by Crippen LogP contribution is -2.46. The van der Waals surface area contributed by atoms with Gasteiger partial charge in [-0.25, -0.2) is 0 Å². The highest BCUT2D eigenvalue weighted by Crippen LogP contribution is 2.21. The normalized spacial score (nSPS) is 11.8. The average Bonchev–Trinajstić information content (AvgIpc) is 3.39. The first-order chi connectivity index (χ1) is 15.7. The number of anilines is 1. The summed E-state index contributed by atoms with van der Waals surface area (Å²) in [6.07, 6.45) is -0.918. The molecule has 3 aromatic carbocycles. The summed E-state index contributed by atoms with van der Waals surface area (Å²) in [5.74, 6) is -0.543. The van der Waals surface area contributed by atoms with Gasteiger partial charge in [0.25, 0.3) is 5.91 Å². The quantitative estimate of drug-likeness (QED) is 0.194. The van der Waals surface area contributed by atoms with Gasteiger partial charge in [0, 0.05) is 11.3 Å². The van der Waals surface area contributed by atoms with Gasteiger partial charge in [0.2, 0.25) is 5.78 Å². The molecule has 0 aliphatic rings. The number of rotatable bonds is 8. The third-order valence-corrected chi connectivity index (χ3v) is 5.44. The molecule has 0 aliphatic heterocycles. The van der Waals surface area contributed by atoms with Gasteiger partial charge in [-0.05, 0) is 60.0 Å². The van der Waals surface area contributed by atoms with Crippen LogP contribution in [0.1, 0.15) is 20.0 Å². The van der Waals surface area contributed by atoms with Crippen LogP contribution in [-0.4, -0.2) is 17.9 Å². The van der Waals surface area contributed by atoms with E-state index in [2.05, 4.69) is 20.9 Å². The molecular formula is C25H20N4O2S. The Morgan fingerprint density at radius 2 is 1.34 bits per heavy atom. The van der Waals surface area contributed by atoms with E-state index >= 15 is 0 Å². The second kappa shape index (κ2) is 10.3. The Balaban J connectivity index is 1.49. The standard InChI is InChI=1S/C25H20N4O2S/c30-23(22-12-7-17-32-22)24(27-25(31)18-8-3-1-4-9-18)26-19-13-15-21(16-14-19)29-28-20-10-5-2-6-11-20/h1-17,24,26H,(H,27,31). The number of amides is 1. The van der Waals surface area contributed by atoms with E-state index in [1.807, 2.05) is 41.8 Å². The molecule has 32 heavy (non-hydrogen) atoms. The van der Waals surface area contributed by atoms with Crippen molar-refractivity contribution in [3.63, 3.8) is 0 Å². The predicted molar refractivity (Wildman–Crippen MR) is 127 cm³/mol. The Morgan fingerprint density at radius 3 is 1.97 bits per heavy atom. The molecule has 1 unspecified atom stereocenters. The maximum absolute atomic E-state index is 13.0. The fourth-order valence-electron chi connectivity index (χ4n) is 2.93. The molecule has 0 radical (unpaired) electrons. The zero-order chi connectivity index (χ0) is 22.2. The number of azo groups is 1. The maximum atomic E-state index is 13.0. The third-order valence-electron chi connectivity index (χ3n) is 4.55. The van der Waals surface area contributed by atoms with Crippen molar-refractivity contribution in [2.45, 2.75) is 6.17 Å². The Labute approximate surface area is 189 Å². The molecule has 1 heterocycles. The summed E-state index contributed by atoms with van der Waals surface area (Å²) in [5.41, 5.74) is 2.59. The van der Waals surface area contributed by atoms with Gasteiger partial charge in [-0.1, -0.05) is 42.5 Å². The monoisotopic (exact) mass is 440 g/mol. The van der Waals surface area contributed by atoms with Crippen LogP contribution in [0.4, 0.5) is 17.1 Å². The summed E-state index contributed by atoms with van der Waals surface area (Å²) in [6.45, 7) is 0.